The van der Waals surface area contributed by atoms with Crippen LogP contribution in [0.2, 0.25) is 0 Å². The summed E-state index contributed by atoms with van der Waals surface area (Å²) in [7, 11) is 0. The van der Waals surface area contributed by atoms with Crippen LogP contribution in [-0.4, -0.2) is 6.54 Å². The number of nitrogen functional groups attached to an aromatic ring is 1. The largest absolute Gasteiger partial charge is 0.397 e. The van der Waals surface area contributed by atoms with Gasteiger partial charge < -0.3 is 11.1 Å². The Balaban J connectivity index is 1.92. The summed E-state index contributed by atoms with van der Waals surface area (Å²) in [6.45, 7) is 5.52. The summed E-state index contributed by atoms with van der Waals surface area (Å²) in [5.41, 5.74) is 9.19. The Morgan fingerprint density at radius 3 is 2.76 bits per heavy atom. The van der Waals surface area contributed by atoms with Gasteiger partial charge >= 0.3 is 0 Å². The van der Waals surface area contributed by atoms with Crippen LogP contribution in [0.3, 0.4) is 0 Å². The second-order valence-electron chi connectivity index (χ2n) is 5.49. The van der Waals surface area contributed by atoms with Crippen LogP contribution >= 0.6 is 0 Å². The lowest BCUT2D eigenvalue weighted by molar-refractivity contribution is 0.268. The van der Waals surface area contributed by atoms with Crippen molar-refractivity contribution in [3.05, 3.63) is 23.8 Å². The zero-order chi connectivity index (χ0) is 12.3. The molecule has 94 valence electrons. The molecule has 0 spiro atoms. The Morgan fingerprint density at radius 1 is 1.29 bits per heavy atom. The highest BCUT2D eigenvalue weighted by molar-refractivity contribution is 5.66. The molecule has 2 nitrogen and oxygen atoms in total. The van der Waals surface area contributed by atoms with Crippen molar-refractivity contribution >= 4 is 11.4 Å². The molecule has 17 heavy (non-hydrogen) atoms. The van der Waals surface area contributed by atoms with Gasteiger partial charge in [0.25, 0.3) is 0 Å². The second-order valence-corrected chi connectivity index (χ2v) is 5.49. The predicted molar refractivity (Wildman–Crippen MR) is 75.2 cm³/mol. The molecule has 1 saturated carbocycles. The predicted octanol–water partition coefficient (Wildman–Crippen LogP) is 3.82. The summed E-state index contributed by atoms with van der Waals surface area (Å²) in [6, 6.07) is 6.24. The lowest BCUT2D eigenvalue weighted by Crippen LogP contribution is -2.24. The molecule has 1 aromatic carbocycles. The molecule has 2 rings (SSSR count). The third kappa shape index (κ3) is 3.15. The molecule has 2 atom stereocenters. The first kappa shape index (κ1) is 12.3. The average Bonchev–Trinajstić information content (AvgIpc) is 2.30. The minimum atomic E-state index is 0.810. The van der Waals surface area contributed by atoms with Gasteiger partial charge in [-0.3, -0.25) is 0 Å². The number of nitrogens with two attached hydrogens (primary N) is 1. The third-order valence-electron chi connectivity index (χ3n) is 4.05. The topological polar surface area (TPSA) is 38.0 Å². The van der Waals surface area contributed by atoms with E-state index in [1.165, 1.54) is 31.2 Å². The van der Waals surface area contributed by atoms with Crippen LogP contribution in [0.15, 0.2) is 18.2 Å². The van der Waals surface area contributed by atoms with Gasteiger partial charge in [-0.25, -0.2) is 0 Å². The molecule has 0 bridgehead atoms. The molecule has 0 aliphatic heterocycles. The first-order valence-corrected chi connectivity index (χ1v) is 6.77. The van der Waals surface area contributed by atoms with Crippen LogP contribution in [-0.2, 0) is 0 Å². The maximum absolute atomic E-state index is 6.01. The van der Waals surface area contributed by atoms with Gasteiger partial charge in [-0.2, -0.15) is 0 Å². The van der Waals surface area contributed by atoms with Gasteiger partial charge in [-0.1, -0.05) is 32.3 Å². The minimum Gasteiger partial charge on any atom is -0.397 e. The minimum absolute atomic E-state index is 0.810. The van der Waals surface area contributed by atoms with Crippen molar-refractivity contribution in [3.63, 3.8) is 0 Å². The molecule has 0 heterocycles. The van der Waals surface area contributed by atoms with E-state index in [0.29, 0.717) is 0 Å². The molecule has 3 N–H and O–H groups in total. The van der Waals surface area contributed by atoms with Gasteiger partial charge in [0.1, 0.15) is 0 Å². The van der Waals surface area contributed by atoms with E-state index in [1.807, 2.05) is 6.07 Å². The van der Waals surface area contributed by atoms with Crippen LogP contribution in [0.5, 0.6) is 0 Å². The lowest BCUT2D eigenvalue weighted by atomic mass is 9.80. The van der Waals surface area contributed by atoms with E-state index < -0.39 is 0 Å². The van der Waals surface area contributed by atoms with Crippen molar-refractivity contribution in [2.24, 2.45) is 11.8 Å². The van der Waals surface area contributed by atoms with E-state index in [-0.39, 0.29) is 0 Å². The maximum Gasteiger partial charge on any atom is 0.0574 e. The highest BCUT2D eigenvalue weighted by Crippen LogP contribution is 2.30. The number of hydrogen-bond acceptors (Lipinski definition) is 2. The van der Waals surface area contributed by atoms with Crippen LogP contribution < -0.4 is 11.1 Å². The van der Waals surface area contributed by atoms with Crippen molar-refractivity contribution in [1.29, 1.82) is 0 Å². The first-order valence-electron chi connectivity index (χ1n) is 6.77. The van der Waals surface area contributed by atoms with E-state index in [1.54, 1.807) is 0 Å². The third-order valence-corrected chi connectivity index (χ3v) is 4.05. The molecule has 0 radical (unpaired) electrons. The Morgan fingerprint density at radius 2 is 2.06 bits per heavy atom. The highest BCUT2D eigenvalue weighted by atomic mass is 14.9. The summed E-state index contributed by atoms with van der Waals surface area (Å²) in [5.74, 6) is 1.66. The molecule has 2 unspecified atom stereocenters. The zero-order valence-corrected chi connectivity index (χ0v) is 11.0. The van der Waals surface area contributed by atoms with E-state index in [2.05, 4.69) is 31.3 Å². The summed E-state index contributed by atoms with van der Waals surface area (Å²) in [4.78, 5) is 0. The molecule has 1 aliphatic carbocycles. The molecule has 0 saturated heterocycles. The van der Waals surface area contributed by atoms with Gasteiger partial charge in [0.2, 0.25) is 0 Å². The Kier molecular flexibility index (Phi) is 3.93. The smallest absolute Gasteiger partial charge is 0.0574 e. The Labute approximate surface area is 105 Å². The van der Waals surface area contributed by atoms with Gasteiger partial charge in [0, 0.05) is 6.54 Å². The molecule has 1 aromatic rings. The molecule has 1 aliphatic rings. The number of aryl methyl sites for hydroxylation is 1. The van der Waals surface area contributed by atoms with Crippen molar-refractivity contribution in [2.45, 2.75) is 39.5 Å². The van der Waals surface area contributed by atoms with Crippen molar-refractivity contribution in [1.82, 2.24) is 0 Å². The van der Waals surface area contributed by atoms with Crippen LogP contribution in [0.1, 0.15) is 38.2 Å². The Hall–Kier alpha value is -1.18. The fourth-order valence-electron chi connectivity index (χ4n) is 2.78. The molecular formula is C15H24N2. The van der Waals surface area contributed by atoms with Crippen LogP contribution in [0, 0.1) is 18.8 Å². The molecule has 2 heteroatoms. The lowest BCUT2D eigenvalue weighted by Gasteiger charge is -2.29. The van der Waals surface area contributed by atoms with E-state index in [0.717, 1.165) is 29.8 Å². The van der Waals surface area contributed by atoms with Crippen molar-refractivity contribution < 1.29 is 0 Å². The SMILES string of the molecule is Cc1ccc(NCC2CCCCC2C)c(N)c1. The fourth-order valence-corrected chi connectivity index (χ4v) is 2.78. The van der Waals surface area contributed by atoms with Gasteiger partial charge in [0.05, 0.1) is 11.4 Å². The fraction of sp³-hybridized carbons (Fsp3) is 0.600. The molecule has 1 fully saturated rings. The number of rotatable bonds is 3. The summed E-state index contributed by atoms with van der Waals surface area (Å²) in [5, 5.41) is 3.52. The number of hydrogen-bond donors (Lipinski definition) is 2. The van der Waals surface area contributed by atoms with Crippen molar-refractivity contribution in [2.75, 3.05) is 17.6 Å². The maximum atomic E-state index is 6.01. The van der Waals surface area contributed by atoms with Crippen molar-refractivity contribution in [3.8, 4) is 0 Å². The summed E-state index contributed by atoms with van der Waals surface area (Å²) in [6.07, 6.45) is 5.54. The summed E-state index contributed by atoms with van der Waals surface area (Å²) >= 11 is 0. The number of anilines is 2. The van der Waals surface area contributed by atoms with E-state index in [9.17, 15) is 0 Å². The highest BCUT2D eigenvalue weighted by Gasteiger charge is 2.20. The monoisotopic (exact) mass is 232 g/mol. The average molecular weight is 232 g/mol. The number of benzene rings is 1. The first-order chi connectivity index (χ1) is 8.16. The van der Waals surface area contributed by atoms with E-state index >= 15 is 0 Å². The standard InChI is InChI=1S/C15H24N2/c1-11-7-8-15(14(16)9-11)17-10-13-6-4-3-5-12(13)2/h7-9,12-13,17H,3-6,10,16H2,1-2H3. The molecular weight excluding hydrogens is 208 g/mol. The van der Waals surface area contributed by atoms with Gasteiger partial charge in [0.15, 0.2) is 0 Å². The summed E-state index contributed by atoms with van der Waals surface area (Å²) < 4.78 is 0. The molecule has 0 aromatic heterocycles. The van der Waals surface area contributed by atoms with Crippen LogP contribution in [0.25, 0.3) is 0 Å². The Bertz CT molecular complexity index is 373. The quantitative estimate of drug-likeness (QED) is 0.778. The van der Waals surface area contributed by atoms with Gasteiger partial charge in [-0.15, -0.1) is 0 Å². The second kappa shape index (κ2) is 5.44. The normalized spacial score (nSPS) is 24.6. The zero-order valence-electron chi connectivity index (χ0n) is 11.0. The van der Waals surface area contributed by atoms with Crippen LogP contribution in [0.4, 0.5) is 11.4 Å². The molecule has 0 amide bonds. The van der Waals surface area contributed by atoms with E-state index in [4.69, 9.17) is 5.73 Å². The van der Waals surface area contributed by atoms with Gasteiger partial charge in [-0.05, 0) is 42.9 Å². The number of nitrogens with one attached hydrogen (secondary N) is 1.